The number of carboxylic acid groups (broad SMARTS) is 2. The van der Waals surface area contributed by atoms with Gasteiger partial charge in [-0.05, 0) is 5.56 Å². The number of benzene rings is 1. The number of carbonyl (C=O) groups is 2. The molecule has 0 spiro atoms. The molecule has 2 aromatic rings. The van der Waals surface area contributed by atoms with Gasteiger partial charge in [0.1, 0.15) is 0 Å². The van der Waals surface area contributed by atoms with E-state index in [1.165, 1.54) is 12.4 Å². The summed E-state index contributed by atoms with van der Waals surface area (Å²) < 4.78 is 1.12. The minimum atomic E-state index is -1.26. The summed E-state index contributed by atoms with van der Waals surface area (Å²) in [5.74, 6) is -2.70. The van der Waals surface area contributed by atoms with Crippen LogP contribution in [0.1, 0.15) is 22.2 Å². The summed E-state index contributed by atoms with van der Waals surface area (Å²) in [4.78, 5) is 25.9. The van der Waals surface area contributed by atoms with Gasteiger partial charge in [0.2, 0.25) is 5.82 Å². The number of imidazole rings is 1. The summed E-state index contributed by atoms with van der Waals surface area (Å²) >= 11 is 0. The van der Waals surface area contributed by atoms with E-state index >= 15 is 0 Å². The fourth-order valence-corrected chi connectivity index (χ4v) is 1.74. The summed E-state index contributed by atoms with van der Waals surface area (Å²) in [5.41, 5.74) is 0.491. The van der Waals surface area contributed by atoms with Crippen molar-refractivity contribution in [1.82, 2.24) is 9.55 Å². The van der Waals surface area contributed by atoms with Crippen LogP contribution in [0.3, 0.4) is 0 Å². The maximum atomic E-state index is 11.3. The van der Waals surface area contributed by atoms with Gasteiger partial charge in [-0.2, -0.15) is 0 Å². The molecule has 0 aliphatic heterocycles. The zero-order valence-electron chi connectivity index (χ0n) is 9.22. The first kappa shape index (κ1) is 11.8. The lowest BCUT2D eigenvalue weighted by atomic mass is 10.1. The Balaban J connectivity index is 2.52. The second-order valence-corrected chi connectivity index (χ2v) is 3.61. The number of aliphatic carboxylic acids is 1. The van der Waals surface area contributed by atoms with Crippen molar-refractivity contribution in [2.75, 3.05) is 0 Å². The van der Waals surface area contributed by atoms with Crippen molar-refractivity contribution < 1.29 is 19.8 Å². The van der Waals surface area contributed by atoms with E-state index in [0.29, 0.717) is 5.56 Å². The maximum absolute atomic E-state index is 11.3. The van der Waals surface area contributed by atoms with Gasteiger partial charge < -0.3 is 14.8 Å². The molecular weight excluding hydrogens is 236 g/mol. The Morgan fingerprint density at radius 3 is 2.39 bits per heavy atom. The Kier molecular flexibility index (Phi) is 3.09. The summed E-state index contributed by atoms with van der Waals surface area (Å²) in [6, 6.07) is 7.31. The van der Waals surface area contributed by atoms with Gasteiger partial charge in [-0.15, -0.1) is 0 Å². The van der Waals surface area contributed by atoms with E-state index in [1.54, 1.807) is 30.3 Å². The van der Waals surface area contributed by atoms with Crippen LogP contribution in [0.25, 0.3) is 0 Å². The van der Waals surface area contributed by atoms with Crippen LogP contribution in [0.4, 0.5) is 0 Å². The van der Waals surface area contributed by atoms with E-state index in [1.807, 2.05) is 0 Å². The number of aromatic carboxylic acids is 1. The molecule has 0 saturated carbocycles. The van der Waals surface area contributed by atoms with E-state index < -0.39 is 18.0 Å². The molecule has 18 heavy (non-hydrogen) atoms. The summed E-state index contributed by atoms with van der Waals surface area (Å²) in [6.07, 6.45) is 2.61. The minimum absolute atomic E-state index is 0.300. The summed E-state index contributed by atoms with van der Waals surface area (Å²) in [7, 11) is 0. The van der Waals surface area contributed by atoms with Crippen molar-refractivity contribution in [1.29, 1.82) is 0 Å². The largest absolute Gasteiger partial charge is 0.479 e. The molecule has 1 aromatic heterocycles. The van der Waals surface area contributed by atoms with E-state index in [0.717, 1.165) is 4.57 Å². The fraction of sp³-hybridized carbons (Fsp3) is 0.0833. The number of rotatable bonds is 4. The SMILES string of the molecule is O=C(O)c1nccn1C(C(=O)O)c1ccccc1. The Morgan fingerprint density at radius 1 is 1.17 bits per heavy atom. The molecule has 0 saturated heterocycles. The fourth-order valence-electron chi connectivity index (χ4n) is 1.74. The first-order valence-electron chi connectivity index (χ1n) is 5.15. The Labute approximate surface area is 102 Å². The smallest absolute Gasteiger partial charge is 0.372 e. The topological polar surface area (TPSA) is 92.4 Å². The second-order valence-electron chi connectivity index (χ2n) is 3.61. The first-order chi connectivity index (χ1) is 8.61. The number of hydrogen-bond acceptors (Lipinski definition) is 3. The number of aromatic nitrogens is 2. The van der Waals surface area contributed by atoms with E-state index in [9.17, 15) is 14.7 Å². The highest BCUT2D eigenvalue weighted by molar-refractivity contribution is 5.85. The Hall–Kier alpha value is -2.63. The third kappa shape index (κ3) is 2.08. The zero-order chi connectivity index (χ0) is 13.1. The van der Waals surface area contributed by atoms with Crippen molar-refractivity contribution in [3.63, 3.8) is 0 Å². The van der Waals surface area contributed by atoms with Gasteiger partial charge in [-0.25, -0.2) is 14.6 Å². The molecule has 2 N–H and O–H groups in total. The summed E-state index contributed by atoms with van der Waals surface area (Å²) in [5, 5.41) is 18.2. The molecule has 1 heterocycles. The lowest BCUT2D eigenvalue weighted by molar-refractivity contribution is -0.139. The van der Waals surface area contributed by atoms with Gasteiger partial charge >= 0.3 is 11.9 Å². The highest BCUT2D eigenvalue weighted by atomic mass is 16.4. The van der Waals surface area contributed by atoms with Crippen LogP contribution in [0.5, 0.6) is 0 Å². The van der Waals surface area contributed by atoms with Crippen LogP contribution in [0, 0.1) is 0 Å². The van der Waals surface area contributed by atoms with Crippen LogP contribution in [0.15, 0.2) is 42.7 Å². The quantitative estimate of drug-likeness (QED) is 0.847. The molecular formula is C12H10N2O4. The molecule has 0 aliphatic carbocycles. The molecule has 6 heteroatoms. The van der Waals surface area contributed by atoms with Crippen LogP contribution in [-0.2, 0) is 4.79 Å². The number of hydrogen-bond donors (Lipinski definition) is 2. The van der Waals surface area contributed by atoms with Crippen molar-refractivity contribution in [2.24, 2.45) is 0 Å². The van der Waals surface area contributed by atoms with E-state index in [2.05, 4.69) is 4.98 Å². The molecule has 1 unspecified atom stereocenters. The molecule has 0 fully saturated rings. The number of nitrogens with zero attached hydrogens (tertiary/aromatic N) is 2. The lowest BCUT2D eigenvalue weighted by Crippen LogP contribution is -2.23. The van der Waals surface area contributed by atoms with Crippen molar-refractivity contribution in [3.8, 4) is 0 Å². The van der Waals surface area contributed by atoms with Gasteiger partial charge in [0, 0.05) is 12.4 Å². The minimum Gasteiger partial charge on any atom is -0.479 e. The Bertz CT molecular complexity index is 577. The third-order valence-electron chi connectivity index (χ3n) is 2.49. The van der Waals surface area contributed by atoms with E-state index in [4.69, 9.17) is 5.11 Å². The molecule has 6 nitrogen and oxygen atoms in total. The molecule has 2 rings (SSSR count). The van der Waals surface area contributed by atoms with Crippen molar-refractivity contribution in [2.45, 2.75) is 6.04 Å². The zero-order valence-corrected chi connectivity index (χ0v) is 9.22. The second kappa shape index (κ2) is 4.70. The van der Waals surface area contributed by atoms with Crippen molar-refractivity contribution >= 4 is 11.9 Å². The van der Waals surface area contributed by atoms with Crippen LogP contribution < -0.4 is 0 Å². The molecule has 0 aliphatic rings. The predicted octanol–water partition coefficient (Wildman–Crippen LogP) is 1.26. The average Bonchev–Trinajstić information content (AvgIpc) is 2.79. The monoisotopic (exact) mass is 246 g/mol. The molecule has 1 aromatic carbocycles. The maximum Gasteiger partial charge on any atom is 0.372 e. The van der Waals surface area contributed by atoms with Crippen LogP contribution in [0.2, 0.25) is 0 Å². The Morgan fingerprint density at radius 2 is 1.83 bits per heavy atom. The standard InChI is InChI=1S/C12H10N2O4/c15-11(16)9(8-4-2-1-3-5-8)14-7-6-13-10(14)12(17)18/h1-7,9H,(H,15,16)(H,17,18). The van der Waals surface area contributed by atoms with Gasteiger partial charge in [-0.1, -0.05) is 30.3 Å². The highest BCUT2D eigenvalue weighted by Crippen LogP contribution is 2.20. The summed E-state index contributed by atoms with van der Waals surface area (Å²) in [6.45, 7) is 0. The average molecular weight is 246 g/mol. The van der Waals surface area contributed by atoms with Crippen molar-refractivity contribution in [3.05, 3.63) is 54.1 Å². The first-order valence-corrected chi connectivity index (χ1v) is 5.15. The molecule has 0 amide bonds. The van der Waals surface area contributed by atoms with Gasteiger partial charge in [0.25, 0.3) is 0 Å². The molecule has 92 valence electrons. The predicted molar refractivity (Wildman–Crippen MR) is 61.4 cm³/mol. The van der Waals surface area contributed by atoms with Gasteiger partial charge in [-0.3, -0.25) is 0 Å². The van der Waals surface area contributed by atoms with E-state index in [-0.39, 0.29) is 5.82 Å². The third-order valence-corrected chi connectivity index (χ3v) is 2.49. The van der Waals surface area contributed by atoms with Crippen LogP contribution >= 0.6 is 0 Å². The molecule has 0 bridgehead atoms. The van der Waals surface area contributed by atoms with Crippen LogP contribution in [-0.4, -0.2) is 31.7 Å². The normalized spacial score (nSPS) is 12.0. The highest BCUT2D eigenvalue weighted by Gasteiger charge is 2.26. The van der Waals surface area contributed by atoms with Gasteiger partial charge in [0.15, 0.2) is 6.04 Å². The number of carboxylic acids is 2. The molecule has 1 atom stereocenters. The lowest BCUT2D eigenvalue weighted by Gasteiger charge is -2.15. The molecule has 0 radical (unpaired) electrons. The van der Waals surface area contributed by atoms with Gasteiger partial charge in [0.05, 0.1) is 0 Å².